The molecule has 94 valence electrons. The molecule has 0 unspecified atom stereocenters. The molecular weight excluding hydrogens is 217 g/mol. The summed E-state index contributed by atoms with van der Waals surface area (Å²) < 4.78 is 13.5. The molecule has 1 aliphatic carbocycles. The van der Waals surface area contributed by atoms with Crippen LogP contribution in [-0.4, -0.2) is 23.3 Å². The first kappa shape index (κ1) is 12.5. The lowest BCUT2D eigenvalue weighted by Gasteiger charge is -2.22. The van der Waals surface area contributed by atoms with Crippen molar-refractivity contribution in [2.24, 2.45) is 0 Å². The molecule has 0 radical (unpaired) electrons. The smallest absolute Gasteiger partial charge is 0.126 e. The number of hydrogen-bond donors (Lipinski definition) is 2. The molecule has 2 nitrogen and oxygen atoms in total. The van der Waals surface area contributed by atoms with Crippen LogP contribution in [-0.2, 0) is 6.42 Å². The van der Waals surface area contributed by atoms with Crippen molar-refractivity contribution in [1.82, 2.24) is 5.32 Å². The summed E-state index contributed by atoms with van der Waals surface area (Å²) in [6.45, 7) is 2.04. The van der Waals surface area contributed by atoms with Crippen molar-refractivity contribution in [2.75, 3.05) is 0 Å². The number of halogens is 1. The topological polar surface area (TPSA) is 32.3 Å². The van der Waals surface area contributed by atoms with Crippen LogP contribution in [0.1, 0.15) is 31.7 Å². The van der Waals surface area contributed by atoms with Crippen molar-refractivity contribution < 1.29 is 9.50 Å². The van der Waals surface area contributed by atoms with E-state index in [-0.39, 0.29) is 24.0 Å². The first-order valence-electron chi connectivity index (χ1n) is 6.34. The largest absolute Gasteiger partial charge is 0.392 e. The number of aliphatic hydroxyl groups excluding tert-OH is 1. The predicted octanol–water partition coefficient (Wildman–Crippen LogP) is 2.26. The summed E-state index contributed by atoms with van der Waals surface area (Å²) in [4.78, 5) is 0. The molecular formula is C14H20FNO. The van der Waals surface area contributed by atoms with Gasteiger partial charge in [0.15, 0.2) is 0 Å². The molecule has 1 aliphatic rings. The van der Waals surface area contributed by atoms with Gasteiger partial charge in [-0.15, -0.1) is 0 Å². The SMILES string of the molecule is C[C@H](Cc1ccccc1F)N[C@H]1CCC[C@H]1O. The van der Waals surface area contributed by atoms with Gasteiger partial charge in [0.25, 0.3) is 0 Å². The van der Waals surface area contributed by atoms with Crippen molar-refractivity contribution >= 4 is 0 Å². The third-order valence-electron chi connectivity index (χ3n) is 3.46. The summed E-state index contributed by atoms with van der Waals surface area (Å²) in [6, 6.07) is 7.24. The average Bonchev–Trinajstić information content (AvgIpc) is 2.68. The second-order valence-electron chi connectivity index (χ2n) is 4.97. The maximum atomic E-state index is 13.5. The van der Waals surface area contributed by atoms with E-state index in [2.05, 4.69) is 5.32 Å². The molecule has 1 fully saturated rings. The Bertz CT molecular complexity index is 369. The normalized spacial score (nSPS) is 26.1. The first-order valence-corrected chi connectivity index (χ1v) is 6.34. The van der Waals surface area contributed by atoms with Crippen LogP contribution in [0.4, 0.5) is 4.39 Å². The Morgan fingerprint density at radius 2 is 2.18 bits per heavy atom. The van der Waals surface area contributed by atoms with Crippen molar-refractivity contribution in [3.63, 3.8) is 0 Å². The Morgan fingerprint density at radius 3 is 2.82 bits per heavy atom. The van der Waals surface area contributed by atoms with Gasteiger partial charge in [-0.3, -0.25) is 0 Å². The molecule has 17 heavy (non-hydrogen) atoms. The molecule has 0 spiro atoms. The third-order valence-corrected chi connectivity index (χ3v) is 3.46. The second-order valence-corrected chi connectivity index (χ2v) is 4.97. The zero-order valence-electron chi connectivity index (χ0n) is 10.2. The van der Waals surface area contributed by atoms with Gasteiger partial charge in [0.05, 0.1) is 6.10 Å². The highest BCUT2D eigenvalue weighted by Gasteiger charge is 2.26. The maximum Gasteiger partial charge on any atom is 0.126 e. The molecule has 2 rings (SSSR count). The van der Waals surface area contributed by atoms with E-state index in [9.17, 15) is 9.50 Å². The number of rotatable bonds is 4. The van der Waals surface area contributed by atoms with E-state index in [1.165, 1.54) is 6.07 Å². The molecule has 0 aliphatic heterocycles. The number of benzene rings is 1. The van der Waals surface area contributed by atoms with Gasteiger partial charge < -0.3 is 10.4 Å². The van der Waals surface area contributed by atoms with Crippen LogP contribution in [0.15, 0.2) is 24.3 Å². The lowest BCUT2D eigenvalue weighted by atomic mass is 10.1. The van der Waals surface area contributed by atoms with E-state index < -0.39 is 0 Å². The van der Waals surface area contributed by atoms with Gasteiger partial charge in [-0.25, -0.2) is 4.39 Å². The molecule has 0 saturated heterocycles. The predicted molar refractivity (Wildman–Crippen MR) is 66.3 cm³/mol. The molecule has 0 heterocycles. The summed E-state index contributed by atoms with van der Waals surface area (Å²) in [6.07, 6.45) is 3.40. The zero-order valence-corrected chi connectivity index (χ0v) is 10.2. The van der Waals surface area contributed by atoms with Gasteiger partial charge in [0.2, 0.25) is 0 Å². The monoisotopic (exact) mass is 237 g/mol. The van der Waals surface area contributed by atoms with Crippen LogP contribution in [0, 0.1) is 5.82 Å². The van der Waals surface area contributed by atoms with Gasteiger partial charge in [-0.1, -0.05) is 18.2 Å². The van der Waals surface area contributed by atoms with Crippen LogP contribution in [0.5, 0.6) is 0 Å². The van der Waals surface area contributed by atoms with E-state index in [1.807, 2.05) is 19.1 Å². The summed E-state index contributed by atoms with van der Waals surface area (Å²) >= 11 is 0. The molecule has 0 bridgehead atoms. The van der Waals surface area contributed by atoms with Crippen molar-refractivity contribution in [1.29, 1.82) is 0 Å². The number of aliphatic hydroxyl groups is 1. The van der Waals surface area contributed by atoms with Crippen molar-refractivity contribution in [3.8, 4) is 0 Å². The van der Waals surface area contributed by atoms with Gasteiger partial charge in [-0.05, 0) is 44.2 Å². The highest BCUT2D eigenvalue weighted by molar-refractivity contribution is 5.18. The molecule has 3 atom stereocenters. The first-order chi connectivity index (χ1) is 8.16. The van der Waals surface area contributed by atoms with Crippen LogP contribution in [0.2, 0.25) is 0 Å². The minimum Gasteiger partial charge on any atom is -0.392 e. The van der Waals surface area contributed by atoms with E-state index in [0.717, 1.165) is 24.8 Å². The fourth-order valence-corrected chi connectivity index (χ4v) is 2.55. The lowest BCUT2D eigenvalue weighted by molar-refractivity contribution is 0.144. The quantitative estimate of drug-likeness (QED) is 0.842. The molecule has 2 N–H and O–H groups in total. The summed E-state index contributed by atoms with van der Waals surface area (Å²) in [5.74, 6) is -0.145. The van der Waals surface area contributed by atoms with Crippen LogP contribution >= 0.6 is 0 Å². The zero-order chi connectivity index (χ0) is 12.3. The average molecular weight is 237 g/mol. The van der Waals surface area contributed by atoms with Crippen LogP contribution < -0.4 is 5.32 Å². The maximum absolute atomic E-state index is 13.5. The summed E-state index contributed by atoms with van der Waals surface area (Å²) in [5.41, 5.74) is 0.736. The number of hydrogen-bond acceptors (Lipinski definition) is 2. The highest BCUT2D eigenvalue weighted by atomic mass is 19.1. The van der Waals surface area contributed by atoms with E-state index in [4.69, 9.17) is 0 Å². The Hall–Kier alpha value is -0.930. The lowest BCUT2D eigenvalue weighted by Crippen LogP contribution is -2.42. The van der Waals surface area contributed by atoms with Gasteiger partial charge >= 0.3 is 0 Å². The Balaban J connectivity index is 1.89. The standard InChI is InChI=1S/C14H20FNO/c1-10(16-13-7-4-8-14(13)17)9-11-5-2-3-6-12(11)15/h2-3,5-6,10,13-14,16-17H,4,7-9H2,1H3/t10-,13+,14-/m1/s1. The van der Waals surface area contributed by atoms with E-state index in [1.54, 1.807) is 6.07 Å². The van der Waals surface area contributed by atoms with Crippen LogP contribution in [0.3, 0.4) is 0 Å². The Morgan fingerprint density at radius 1 is 1.41 bits per heavy atom. The Labute approximate surface area is 102 Å². The van der Waals surface area contributed by atoms with Gasteiger partial charge in [0, 0.05) is 12.1 Å². The fourth-order valence-electron chi connectivity index (χ4n) is 2.55. The molecule has 0 amide bonds. The third kappa shape index (κ3) is 3.27. The molecule has 1 aromatic rings. The molecule has 0 aromatic heterocycles. The van der Waals surface area contributed by atoms with Gasteiger partial charge in [0.1, 0.15) is 5.82 Å². The summed E-state index contributed by atoms with van der Waals surface area (Å²) in [7, 11) is 0. The molecule has 1 saturated carbocycles. The van der Waals surface area contributed by atoms with E-state index >= 15 is 0 Å². The molecule has 1 aromatic carbocycles. The Kier molecular flexibility index (Phi) is 4.13. The van der Waals surface area contributed by atoms with Crippen molar-refractivity contribution in [2.45, 2.75) is 50.8 Å². The van der Waals surface area contributed by atoms with Gasteiger partial charge in [-0.2, -0.15) is 0 Å². The van der Waals surface area contributed by atoms with E-state index in [0.29, 0.717) is 6.42 Å². The minimum atomic E-state index is -0.238. The summed E-state index contributed by atoms with van der Waals surface area (Å²) in [5, 5.41) is 13.1. The number of nitrogens with one attached hydrogen (secondary N) is 1. The second kappa shape index (κ2) is 5.61. The van der Waals surface area contributed by atoms with Crippen molar-refractivity contribution in [3.05, 3.63) is 35.6 Å². The molecule has 3 heteroatoms. The minimum absolute atomic E-state index is 0.145. The van der Waals surface area contributed by atoms with Crippen LogP contribution in [0.25, 0.3) is 0 Å². The highest BCUT2D eigenvalue weighted by Crippen LogP contribution is 2.20. The fraction of sp³-hybridized carbons (Fsp3) is 0.571.